The molecule has 4 fully saturated rings. The van der Waals surface area contributed by atoms with Gasteiger partial charge in [-0.15, -0.1) is 0 Å². The second kappa shape index (κ2) is 4.99. The van der Waals surface area contributed by atoms with Gasteiger partial charge in [0.05, 0.1) is 11.3 Å². The molecular weight excluding hydrogens is 266 g/mol. The van der Waals surface area contributed by atoms with Gasteiger partial charge in [0.15, 0.2) is 0 Å². The van der Waals surface area contributed by atoms with Crippen LogP contribution in [0.25, 0.3) is 0 Å². The Morgan fingerprint density at radius 3 is 2.38 bits per heavy atom. The van der Waals surface area contributed by atoms with Gasteiger partial charge in [-0.1, -0.05) is 13.8 Å². The minimum Gasteiger partial charge on any atom is -0.481 e. The van der Waals surface area contributed by atoms with Crippen molar-refractivity contribution in [1.29, 1.82) is 0 Å². The first-order valence-electron chi connectivity index (χ1n) is 8.33. The van der Waals surface area contributed by atoms with Crippen molar-refractivity contribution in [3.63, 3.8) is 0 Å². The molecule has 4 aliphatic carbocycles. The Hall–Kier alpha value is -1.06. The first-order chi connectivity index (χ1) is 9.82. The Kier molecular flexibility index (Phi) is 3.53. The van der Waals surface area contributed by atoms with E-state index in [1.807, 2.05) is 0 Å². The standard InChI is InChI=1S/C17H27NO3/c1-11(14(19)20)3-4-18-15(21)17-8-12-5-13(9-17)7-16(2,6-12)10-17/h11-13H,3-10H2,1-2H3,(H,18,21)(H,19,20). The van der Waals surface area contributed by atoms with Gasteiger partial charge < -0.3 is 10.4 Å². The third kappa shape index (κ3) is 2.69. The molecule has 2 N–H and O–H groups in total. The molecule has 4 rings (SSSR count). The molecule has 3 unspecified atom stereocenters. The molecule has 4 bridgehead atoms. The number of carboxylic acid groups (broad SMARTS) is 1. The number of hydrogen-bond donors (Lipinski definition) is 2. The van der Waals surface area contributed by atoms with Crippen LogP contribution in [0.15, 0.2) is 0 Å². The van der Waals surface area contributed by atoms with E-state index in [-0.39, 0.29) is 17.2 Å². The van der Waals surface area contributed by atoms with Crippen LogP contribution in [0, 0.1) is 28.6 Å². The van der Waals surface area contributed by atoms with Crippen LogP contribution in [-0.2, 0) is 9.59 Å². The summed E-state index contributed by atoms with van der Waals surface area (Å²) >= 11 is 0. The largest absolute Gasteiger partial charge is 0.481 e. The molecule has 0 aliphatic heterocycles. The topological polar surface area (TPSA) is 66.4 Å². The summed E-state index contributed by atoms with van der Waals surface area (Å²) in [7, 11) is 0. The summed E-state index contributed by atoms with van der Waals surface area (Å²) in [4.78, 5) is 23.6. The predicted molar refractivity (Wildman–Crippen MR) is 79.6 cm³/mol. The molecule has 0 aromatic rings. The Morgan fingerprint density at radius 2 is 1.86 bits per heavy atom. The quantitative estimate of drug-likeness (QED) is 0.819. The Bertz CT molecular complexity index is 445. The number of amides is 1. The van der Waals surface area contributed by atoms with E-state index in [4.69, 9.17) is 5.11 Å². The predicted octanol–water partition coefficient (Wildman–Crippen LogP) is 2.82. The lowest BCUT2D eigenvalue weighted by atomic mass is 9.44. The van der Waals surface area contributed by atoms with Crippen LogP contribution in [0.4, 0.5) is 0 Å². The average Bonchev–Trinajstić information content (AvgIpc) is 2.35. The maximum absolute atomic E-state index is 12.7. The zero-order valence-electron chi connectivity index (χ0n) is 13.2. The maximum atomic E-state index is 12.7. The van der Waals surface area contributed by atoms with Gasteiger partial charge in [0.2, 0.25) is 5.91 Å². The fourth-order valence-corrected chi connectivity index (χ4v) is 5.70. The van der Waals surface area contributed by atoms with E-state index in [1.54, 1.807) is 6.92 Å². The lowest BCUT2D eigenvalue weighted by molar-refractivity contribution is -0.155. The van der Waals surface area contributed by atoms with Crippen LogP contribution < -0.4 is 5.32 Å². The van der Waals surface area contributed by atoms with Crippen molar-refractivity contribution in [3.05, 3.63) is 0 Å². The van der Waals surface area contributed by atoms with Crippen molar-refractivity contribution in [1.82, 2.24) is 5.32 Å². The smallest absolute Gasteiger partial charge is 0.306 e. The van der Waals surface area contributed by atoms with Crippen LogP contribution in [-0.4, -0.2) is 23.5 Å². The summed E-state index contributed by atoms with van der Waals surface area (Å²) in [6.45, 7) is 4.54. The number of carbonyl (C=O) groups is 2. The molecule has 0 saturated heterocycles. The summed E-state index contributed by atoms with van der Waals surface area (Å²) in [5.41, 5.74) is 0.223. The fraction of sp³-hybridized carbons (Fsp3) is 0.882. The minimum absolute atomic E-state index is 0.148. The van der Waals surface area contributed by atoms with E-state index in [0.717, 1.165) is 31.1 Å². The Labute approximate surface area is 126 Å². The van der Waals surface area contributed by atoms with E-state index in [2.05, 4.69) is 12.2 Å². The van der Waals surface area contributed by atoms with Crippen molar-refractivity contribution in [2.45, 2.75) is 58.8 Å². The number of aliphatic carboxylic acids is 1. The number of nitrogens with one attached hydrogen (secondary N) is 1. The SMILES string of the molecule is CC(CCNC(=O)C12CC3CC(CC(C)(C3)C1)C2)C(=O)O. The minimum atomic E-state index is -0.786. The lowest BCUT2D eigenvalue weighted by Gasteiger charge is -2.60. The van der Waals surface area contributed by atoms with E-state index in [9.17, 15) is 9.59 Å². The molecule has 0 radical (unpaired) electrons. The van der Waals surface area contributed by atoms with Crippen LogP contribution in [0.2, 0.25) is 0 Å². The molecule has 0 aromatic heterocycles. The van der Waals surface area contributed by atoms with Gasteiger partial charge in [-0.25, -0.2) is 0 Å². The molecule has 0 heterocycles. The van der Waals surface area contributed by atoms with Crippen LogP contribution in [0.3, 0.4) is 0 Å². The molecule has 4 nitrogen and oxygen atoms in total. The third-order valence-electron chi connectivity index (χ3n) is 6.12. The molecule has 0 spiro atoms. The average molecular weight is 293 g/mol. The van der Waals surface area contributed by atoms with E-state index in [1.165, 1.54) is 19.3 Å². The highest BCUT2D eigenvalue weighted by atomic mass is 16.4. The molecule has 118 valence electrons. The van der Waals surface area contributed by atoms with Gasteiger partial charge in [-0.05, 0) is 62.2 Å². The molecule has 1 amide bonds. The maximum Gasteiger partial charge on any atom is 0.306 e. The van der Waals surface area contributed by atoms with Gasteiger partial charge in [-0.2, -0.15) is 0 Å². The van der Waals surface area contributed by atoms with Crippen LogP contribution in [0.1, 0.15) is 58.8 Å². The second-order valence-corrected chi connectivity index (χ2v) is 8.34. The zero-order valence-corrected chi connectivity index (χ0v) is 13.2. The normalized spacial score (nSPS) is 41.8. The summed E-state index contributed by atoms with van der Waals surface area (Å²) < 4.78 is 0. The highest BCUT2D eigenvalue weighted by molar-refractivity contribution is 5.83. The van der Waals surface area contributed by atoms with Gasteiger partial charge >= 0.3 is 5.97 Å². The van der Waals surface area contributed by atoms with Crippen molar-refractivity contribution >= 4 is 11.9 Å². The van der Waals surface area contributed by atoms with E-state index < -0.39 is 5.97 Å². The highest BCUT2D eigenvalue weighted by Gasteiger charge is 2.58. The number of carboxylic acids is 1. The molecule has 3 atom stereocenters. The van der Waals surface area contributed by atoms with Crippen LogP contribution >= 0.6 is 0 Å². The monoisotopic (exact) mass is 293 g/mol. The molecule has 4 saturated carbocycles. The summed E-state index contributed by atoms with van der Waals surface area (Å²) in [5.74, 6) is 0.492. The first-order valence-corrected chi connectivity index (χ1v) is 8.33. The van der Waals surface area contributed by atoms with Crippen molar-refractivity contribution < 1.29 is 14.7 Å². The highest BCUT2D eigenvalue weighted by Crippen LogP contribution is 2.65. The first kappa shape index (κ1) is 14.9. The van der Waals surface area contributed by atoms with Crippen LogP contribution in [0.5, 0.6) is 0 Å². The lowest BCUT2D eigenvalue weighted by Crippen LogP contribution is -2.56. The second-order valence-electron chi connectivity index (χ2n) is 8.34. The summed E-state index contributed by atoms with van der Waals surface area (Å²) in [5, 5.41) is 11.9. The molecular formula is C17H27NO3. The molecule has 4 aliphatic rings. The molecule has 4 heteroatoms. The molecule has 0 aromatic carbocycles. The summed E-state index contributed by atoms with van der Waals surface area (Å²) in [6, 6.07) is 0. The van der Waals surface area contributed by atoms with Crippen molar-refractivity contribution in [3.8, 4) is 0 Å². The van der Waals surface area contributed by atoms with Gasteiger partial charge in [0, 0.05) is 6.54 Å². The Morgan fingerprint density at radius 1 is 1.24 bits per heavy atom. The summed E-state index contributed by atoms with van der Waals surface area (Å²) in [6.07, 6.45) is 7.58. The number of rotatable bonds is 5. The van der Waals surface area contributed by atoms with Gasteiger partial charge in [-0.3, -0.25) is 9.59 Å². The van der Waals surface area contributed by atoms with Gasteiger partial charge in [0.1, 0.15) is 0 Å². The third-order valence-corrected chi connectivity index (χ3v) is 6.12. The Balaban J connectivity index is 1.61. The number of hydrogen-bond acceptors (Lipinski definition) is 2. The van der Waals surface area contributed by atoms with Gasteiger partial charge in [0.25, 0.3) is 0 Å². The zero-order chi connectivity index (χ0) is 15.3. The van der Waals surface area contributed by atoms with Crippen molar-refractivity contribution in [2.75, 3.05) is 6.54 Å². The number of carbonyl (C=O) groups excluding carboxylic acids is 1. The van der Waals surface area contributed by atoms with E-state index >= 15 is 0 Å². The fourth-order valence-electron chi connectivity index (χ4n) is 5.70. The molecule has 21 heavy (non-hydrogen) atoms. The van der Waals surface area contributed by atoms with Crippen molar-refractivity contribution in [2.24, 2.45) is 28.6 Å². The van der Waals surface area contributed by atoms with E-state index in [0.29, 0.717) is 18.4 Å².